The van der Waals surface area contributed by atoms with Crippen molar-refractivity contribution < 1.29 is 19.1 Å². The number of carbonyl (C=O) groups excluding carboxylic acids is 2. The first kappa shape index (κ1) is 20.7. The topological polar surface area (TPSA) is 67.9 Å². The number of benzene rings is 2. The van der Waals surface area contributed by atoms with Crippen LogP contribution in [0.3, 0.4) is 0 Å². The molecule has 0 radical (unpaired) electrons. The number of aryl methyl sites for hydroxylation is 2. The van der Waals surface area contributed by atoms with E-state index in [1.165, 1.54) is 0 Å². The number of methoxy groups -OCH3 is 2. The Hall–Kier alpha value is -3.02. The predicted molar refractivity (Wildman–Crippen MR) is 113 cm³/mol. The van der Waals surface area contributed by atoms with Crippen LogP contribution in [0.15, 0.2) is 36.4 Å². The van der Waals surface area contributed by atoms with Gasteiger partial charge in [0.25, 0.3) is 5.91 Å². The fourth-order valence-electron chi connectivity index (χ4n) is 3.79. The summed E-state index contributed by atoms with van der Waals surface area (Å²) in [5.74, 6) is 0.813. The van der Waals surface area contributed by atoms with Gasteiger partial charge in [-0.3, -0.25) is 9.59 Å². The third-order valence-corrected chi connectivity index (χ3v) is 5.21. The summed E-state index contributed by atoms with van der Waals surface area (Å²) in [7, 11) is 3.13. The van der Waals surface area contributed by atoms with Gasteiger partial charge >= 0.3 is 0 Å². The second-order valence-corrected chi connectivity index (χ2v) is 7.52. The molecule has 1 heterocycles. The number of carbonyl (C=O) groups is 2. The first-order chi connectivity index (χ1) is 13.9. The van der Waals surface area contributed by atoms with Crippen LogP contribution in [0.25, 0.3) is 0 Å². The number of anilines is 1. The van der Waals surface area contributed by atoms with Crippen LogP contribution in [-0.2, 0) is 4.79 Å². The molecule has 0 bridgehead atoms. The highest BCUT2D eigenvalue weighted by Crippen LogP contribution is 2.30. The Labute approximate surface area is 171 Å². The van der Waals surface area contributed by atoms with E-state index in [0.717, 1.165) is 24.0 Å². The van der Waals surface area contributed by atoms with E-state index in [-0.39, 0.29) is 17.7 Å². The average Bonchev–Trinajstić information content (AvgIpc) is 2.72. The quantitative estimate of drug-likeness (QED) is 0.834. The maximum atomic E-state index is 13.0. The highest BCUT2D eigenvalue weighted by atomic mass is 16.5. The van der Waals surface area contributed by atoms with Crippen molar-refractivity contribution in [1.29, 1.82) is 0 Å². The zero-order chi connectivity index (χ0) is 21.0. The monoisotopic (exact) mass is 396 g/mol. The molecule has 29 heavy (non-hydrogen) atoms. The van der Waals surface area contributed by atoms with Gasteiger partial charge in [-0.05, 0) is 51.0 Å². The van der Waals surface area contributed by atoms with Gasteiger partial charge in [0.15, 0.2) is 0 Å². The van der Waals surface area contributed by atoms with Crippen LogP contribution in [0.1, 0.15) is 34.3 Å². The van der Waals surface area contributed by atoms with Gasteiger partial charge in [0.1, 0.15) is 11.5 Å². The number of likely N-dealkylation sites (tertiary alicyclic amines) is 1. The van der Waals surface area contributed by atoms with Crippen molar-refractivity contribution in [3.05, 3.63) is 53.1 Å². The van der Waals surface area contributed by atoms with E-state index in [1.54, 1.807) is 37.3 Å². The summed E-state index contributed by atoms with van der Waals surface area (Å²) in [6, 6.07) is 11.1. The van der Waals surface area contributed by atoms with Gasteiger partial charge in [0, 0.05) is 24.7 Å². The molecule has 3 rings (SSSR count). The van der Waals surface area contributed by atoms with Crippen molar-refractivity contribution >= 4 is 17.5 Å². The lowest BCUT2D eigenvalue weighted by atomic mass is 9.96. The van der Waals surface area contributed by atoms with Gasteiger partial charge in [-0.2, -0.15) is 0 Å². The van der Waals surface area contributed by atoms with Crippen molar-refractivity contribution in [3.63, 3.8) is 0 Å². The first-order valence-electron chi connectivity index (χ1n) is 9.81. The Balaban J connectivity index is 1.70. The number of hydrogen-bond acceptors (Lipinski definition) is 4. The lowest BCUT2D eigenvalue weighted by Crippen LogP contribution is -2.43. The van der Waals surface area contributed by atoms with Gasteiger partial charge in [-0.25, -0.2) is 0 Å². The van der Waals surface area contributed by atoms with Crippen molar-refractivity contribution in [2.45, 2.75) is 26.7 Å². The number of nitrogens with zero attached hydrogens (tertiary/aromatic N) is 1. The van der Waals surface area contributed by atoms with E-state index in [0.29, 0.717) is 35.8 Å². The molecular formula is C23H28N2O4. The Morgan fingerprint density at radius 2 is 1.76 bits per heavy atom. The Morgan fingerprint density at radius 1 is 1.03 bits per heavy atom. The molecule has 1 aliphatic heterocycles. The SMILES string of the molecule is COc1ccc(NC(=O)[C@@H]2CCCN(C(=O)c3cc(C)cc(C)c3)C2)c(OC)c1. The van der Waals surface area contributed by atoms with Crippen LogP contribution in [0.4, 0.5) is 5.69 Å². The molecule has 1 N–H and O–H groups in total. The van der Waals surface area contributed by atoms with Crippen molar-refractivity contribution in [2.24, 2.45) is 5.92 Å². The zero-order valence-corrected chi connectivity index (χ0v) is 17.5. The maximum absolute atomic E-state index is 13.0. The van der Waals surface area contributed by atoms with Gasteiger partial charge in [0.2, 0.25) is 5.91 Å². The Bertz CT molecular complexity index is 889. The van der Waals surface area contributed by atoms with Crippen molar-refractivity contribution in [1.82, 2.24) is 4.90 Å². The van der Waals surface area contributed by atoms with Gasteiger partial charge in [-0.1, -0.05) is 17.2 Å². The molecule has 0 unspecified atom stereocenters. The Morgan fingerprint density at radius 3 is 2.41 bits per heavy atom. The molecule has 0 aliphatic carbocycles. The minimum atomic E-state index is -0.259. The van der Waals surface area contributed by atoms with Crippen LogP contribution < -0.4 is 14.8 Å². The summed E-state index contributed by atoms with van der Waals surface area (Å²) in [6.45, 7) is 5.05. The van der Waals surface area contributed by atoms with Crippen LogP contribution >= 0.6 is 0 Å². The highest BCUT2D eigenvalue weighted by molar-refractivity contribution is 5.97. The summed E-state index contributed by atoms with van der Waals surface area (Å²) < 4.78 is 10.6. The Kier molecular flexibility index (Phi) is 6.42. The fourth-order valence-corrected chi connectivity index (χ4v) is 3.79. The molecule has 0 saturated carbocycles. The molecule has 2 amide bonds. The molecule has 0 aromatic heterocycles. The number of amides is 2. The number of nitrogens with one attached hydrogen (secondary N) is 1. The molecular weight excluding hydrogens is 368 g/mol. The minimum absolute atomic E-state index is 0.0173. The average molecular weight is 396 g/mol. The molecule has 0 spiro atoms. The standard InChI is InChI=1S/C23H28N2O4/c1-15-10-16(2)12-18(11-15)23(27)25-9-5-6-17(14-25)22(26)24-20-8-7-19(28-3)13-21(20)29-4/h7-8,10-13,17H,5-6,9,14H2,1-4H3,(H,24,26)/t17-/m1/s1. The summed E-state index contributed by atoms with van der Waals surface area (Å²) in [5, 5.41) is 2.94. The first-order valence-corrected chi connectivity index (χ1v) is 9.81. The molecule has 2 aromatic carbocycles. The van der Waals surface area contributed by atoms with Crippen molar-refractivity contribution in [2.75, 3.05) is 32.6 Å². The summed E-state index contributed by atoms with van der Waals surface area (Å²) in [5.41, 5.74) is 3.40. The van der Waals surface area contributed by atoms with Gasteiger partial charge in [0.05, 0.1) is 25.8 Å². The normalized spacial score (nSPS) is 16.3. The van der Waals surface area contributed by atoms with Crippen LogP contribution in [0, 0.1) is 19.8 Å². The predicted octanol–water partition coefficient (Wildman–Crippen LogP) is 3.81. The molecule has 1 fully saturated rings. The number of piperidine rings is 1. The number of ether oxygens (including phenoxy) is 2. The number of rotatable bonds is 5. The second-order valence-electron chi connectivity index (χ2n) is 7.52. The molecule has 2 aromatic rings. The maximum Gasteiger partial charge on any atom is 0.253 e. The lowest BCUT2D eigenvalue weighted by molar-refractivity contribution is -0.121. The summed E-state index contributed by atoms with van der Waals surface area (Å²) >= 11 is 0. The summed E-state index contributed by atoms with van der Waals surface area (Å²) in [6.07, 6.45) is 1.55. The van der Waals surface area contributed by atoms with Gasteiger partial charge < -0.3 is 19.7 Å². The van der Waals surface area contributed by atoms with E-state index in [1.807, 2.05) is 32.0 Å². The molecule has 6 heteroatoms. The molecule has 1 aliphatic rings. The molecule has 1 saturated heterocycles. The molecule has 1 atom stereocenters. The minimum Gasteiger partial charge on any atom is -0.497 e. The largest absolute Gasteiger partial charge is 0.497 e. The smallest absolute Gasteiger partial charge is 0.253 e. The fraction of sp³-hybridized carbons (Fsp3) is 0.391. The molecule has 6 nitrogen and oxygen atoms in total. The lowest BCUT2D eigenvalue weighted by Gasteiger charge is -2.32. The van der Waals surface area contributed by atoms with E-state index in [4.69, 9.17) is 9.47 Å². The summed E-state index contributed by atoms with van der Waals surface area (Å²) in [4.78, 5) is 27.6. The van der Waals surface area contributed by atoms with E-state index in [9.17, 15) is 9.59 Å². The second kappa shape index (κ2) is 8.99. The van der Waals surface area contributed by atoms with Crippen LogP contribution in [0.2, 0.25) is 0 Å². The van der Waals surface area contributed by atoms with Gasteiger partial charge in [-0.15, -0.1) is 0 Å². The highest BCUT2D eigenvalue weighted by Gasteiger charge is 2.29. The third-order valence-electron chi connectivity index (χ3n) is 5.21. The van der Waals surface area contributed by atoms with E-state index >= 15 is 0 Å². The van der Waals surface area contributed by atoms with Crippen LogP contribution in [-0.4, -0.2) is 44.0 Å². The van der Waals surface area contributed by atoms with Crippen LogP contribution in [0.5, 0.6) is 11.5 Å². The van der Waals surface area contributed by atoms with E-state index in [2.05, 4.69) is 5.32 Å². The molecule has 154 valence electrons. The zero-order valence-electron chi connectivity index (χ0n) is 17.5. The van der Waals surface area contributed by atoms with Crippen molar-refractivity contribution in [3.8, 4) is 11.5 Å². The third kappa shape index (κ3) is 4.88. The number of hydrogen-bond donors (Lipinski definition) is 1. The van der Waals surface area contributed by atoms with E-state index < -0.39 is 0 Å².